The number of hydrogen-bond acceptors (Lipinski definition) is 3. The second-order valence-electron chi connectivity index (χ2n) is 7.26. The molecule has 4 aromatic carbocycles. The van der Waals surface area contributed by atoms with Crippen LogP contribution in [0.5, 0.6) is 11.5 Å². The average molecular weight is 399 g/mol. The van der Waals surface area contributed by atoms with E-state index in [1.165, 1.54) is 5.56 Å². The van der Waals surface area contributed by atoms with E-state index in [1.807, 2.05) is 54.6 Å². The molecule has 2 heterocycles. The van der Waals surface area contributed by atoms with Crippen LogP contribution in [0, 0.1) is 6.92 Å². The van der Waals surface area contributed by atoms with Crippen LogP contribution in [0.4, 0.5) is 0 Å². The van der Waals surface area contributed by atoms with Crippen LogP contribution in [0.1, 0.15) is 5.56 Å². The van der Waals surface area contributed by atoms with E-state index in [4.69, 9.17) is 25.2 Å². The number of fused-ring (bicyclic) bond motifs is 6. The van der Waals surface area contributed by atoms with Crippen molar-refractivity contribution in [3.05, 3.63) is 83.4 Å². The van der Waals surface area contributed by atoms with Crippen molar-refractivity contribution in [2.45, 2.75) is 6.92 Å². The molecule has 0 N–H and O–H groups in total. The van der Waals surface area contributed by atoms with Gasteiger partial charge in [-0.1, -0.05) is 23.7 Å². The third kappa shape index (κ3) is 2.66. The van der Waals surface area contributed by atoms with Crippen LogP contribution < -0.4 is 4.74 Å². The van der Waals surface area contributed by atoms with Gasteiger partial charge < -0.3 is 13.6 Å². The summed E-state index contributed by atoms with van der Waals surface area (Å²) >= 11 is 6.08. The highest BCUT2D eigenvalue weighted by molar-refractivity contribution is 6.31. The Kier molecular flexibility index (Phi) is 3.44. The molecule has 140 valence electrons. The summed E-state index contributed by atoms with van der Waals surface area (Å²) in [4.78, 5) is 0. The molecule has 0 aliphatic rings. The van der Waals surface area contributed by atoms with Gasteiger partial charge in [-0.05, 0) is 67.1 Å². The Bertz CT molecular complexity index is 1440. The first kappa shape index (κ1) is 16.5. The Hall–Kier alpha value is -3.43. The molecule has 0 aliphatic heterocycles. The molecule has 2 aromatic heterocycles. The predicted molar refractivity (Wildman–Crippen MR) is 117 cm³/mol. The van der Waals surface area contributed by atoms with Gasteiger partial charge in [0.25, 0.3) is 0 Å². The van der Waals surface area contributed by atoms with Gasteiger partial charge in [-0.3, -0.25) is 0 Å². The van der Waals surface area contributed by atoms with Crippen molar-refractivity contribution >= 4 is 55.5 Å². The maximum atomic E-state index is 6.17. The van der Waals surface area contributed by atoms with Crippen LogP contribution in [-0.2, 0) is 0 Å². The van der Waals surface area contributed by atoms with Crippen LogP contribution in [0.25, 0.3) is 43.9 Å². The van der Waals surface area contributed by atoms with Crippen molar-refractivity contribution < 1.29 is 13.6 Å². The molecule has 4 heteroatoms. The molecule has 3 nitrogen and oxygen atoms in total. The van der Waals surface area contributed by atoms with Gasteiger partial charge in [0.1, 0.15) is 33.8 Å². The lowest BCUT2D eigenvalue weighted by molar-refractivity contribution is 0.483. The average Bonchev–Trinajstić information content (AvgIpc) is 3.24. The summed E-state index contributed by atoms with van der Waals surface area (Å²) in [6, 6.07) is 23.6. The first-order valence-corrected chi connectivity index (χ1v) is 9.74. The van der Waals surface area contributed by atoms with E-state index in [2.05, 4.69) is 25.1 Å². The van der Waals surface area contributed by atoms with E-state index < -0.39 is 0 Å². The van der Waals surface area contributed by atoms with Crippen LogP contribution in [-0.4, -0.2) is 0 Å². The minimum absolute atomic E-state index is 0.656. The molecule has 0 atom stereocenters. The largest absolute Gasteiger partial charge is 0.457 e. The Morgan fingerprint density at radius 1 is 0.586 bits per heavy atom. The number of ether oxygens (including phenoxy) is 1. The molecule has 6 aromatic rings. The van der Waals surface area contributed by atoms with Crippen molar-refractivity contribution in [3.8, 4) is 11.5 Å². The number of halogens is 1. The molecule has 0 saturated heterocycles. The van der Waals surface area contributed by atoms with Crippen LogP contribution in [0.15, 0.2) is 81.6 Å². The van der Waals surface area contributed by atoms with Gasteiger partial charge in [0.15, 0.2) is 0 Å². The zero-order chi connectivity index (χ0) is 19.5. The Balaban J connectivity index is 1.44. The Morgan fingerprint density at radius 2 is 1.17 bits per heavy atom. The number of benzene rings is 4. The normalized spacial score (nSPS) is 11.8. The minimum atomic E-state index is 0.656. The third-order valence-electron chi connectivity index (χ3n) is 5.24. The molecule has 0 aliphatic carbocycles. The summed E-state index contributed by atoms with van der Waals surface area (Å²) in [7, 11) is 0. The highest BCUT2D eigenvalue weighted by atomic mass is 35.5. The zero-order valence-corrected chi connectivity index (χ0v) is 16.3. The van der Waals surface area contributed by atoms with Crippen molar-refractivity contribution in [2.24, 2.45) is 0 Å². The summed E-state index contributed by atoms with van der Waals surface area (Å²) < 4.78 is 18.0. The Labute approximate surface area is 171 Å². The van der Waals surface area contributed by atoms with Gasteiger partial charge in [-0.25, -0.2) is 0 Å². The van der Waals surface area contributed by atoms with Crippen molar-refractivity contribution in [2.75, 3.05) is 0 Å². The molecular weight excluding hydrogens is 384 g/mol. The smallest absolute Gasteiger partial charge is 0.136 e. The van der Waals surface area contributed by atoms with Gasteiger partial charge in [0, 0.05) is 32.6 Å². The van der Waals surface area contributed by atoms with E-state index in [0.717, 1.165) is 55.4 Å². The van der Waals surface area contributed by atoms with E-state index in [1.54, 1.807) is 0 Å². The molecule has 29 heavy (non-hydrogen) atoms. The fourth-order valence-electron chi connectivity index (χ4n) is 3.86. The zero-order valence-electron chi connectivity index (χ0n) is 15.5. The lowest BCUT2D eigenvalue weighted by Crippen LogP contribution is -1.83. The summed E-state index contributed by atoms with van der Waals surface area (Å²) in [5, 5.41) is 4.80. The summed E-state index contributed by atoms with van der Waals surface area (Å²) in [6.45, 7) is 2.06. The lowest BCUT2D eigenvalue weighted by Gasteiger charge is -2.05. The number of hydrogen-bond donors (Lipinski definition) is 0. The lowest BCUT2D eigenvalue weighted by atomic mass is 10.1. The minimum Gasteiger partial charge on any atom is -0.457 e. The van der Waals surface area contributed by atoms with E-state index >= 15 is 0 Å². The summed E-state index contributed by atoms with van der Waals surface area (Å²) in [5.41, 5.74) is 4.50. The van der Waals surface area contributed by atoms with Crippen LogP contribution in [0.3, 0.4) is 0 Å². The predicted octanol–water partition coefficient (Wildman–Crippen LogP) is 8.24. The van der Waals surface area contributed by atoms with Gasteiger partial charge in [0.2, 0.25) is 0 Å². The highest BCUT2D eigenvalue weighted by Crippen LogP contribution is 2.36. The van der Waals surface area contributed by atoms with Crippen LogP contribution >= 0.6 is 11.6 Å². The summed E-state index contributed by atoms with van der Waals surface area (Å²) in [5.74, 6) is 1.51. The SMILES string of the molecule is Cc1ccc2c(c1)oc1ccc(Oc3ccc4oc5cc(Cl)ccc5c4c3)cc12. The fourth-order valence-corrected chi connectivity index (χ4v) is 4.02. The fraction of sp³-hybridized carbons (Fsp3) is 0.0400. The molecule has 0 unspecified atom stereocenters. The number of aryl methyl sites for hydroxylation is 1. The van der Waals surface area contributed by atoms with Crippen molar-refractivity contribution in [1.82, 2.24) is 0 Å². The van der Waals surface area contributed by atoms with Gasteiger partial charge in [-0.15, -0.1) is 0 Å². The molecule has 0 radical (unpaired) electrons. The van der Waals surface area contributed by atoms with Gasteiger partial charge in [-0.2, -0.15) is 0 Å². The van der Waals surface area contributed by atoms with Crippen molar-refractivity contribution in [3.63, 3.8) is 0 Å². The van der Waals surface area contributed by atoms with E-state index in [-0.39, 0.29) is 0 Å². The quantitative estimate of drug-likeness (QED) is 0.294. The highest BCUT2D eigenvalue weighted by Gasteiger charge is 2.11. The monoisotopic (exact) mass is 398 g/mol. The van der Waals surface area contributed by atoms with Crippen molar-refractivity contribution in [1.29, 1.82) is 0 Å². The summed E-state index contributed by atoms with van der Waals surface area (Å²) in [6.07, 6.45) is 0. The van der Waals surface area contributed by atoms with E-state index in [0.29, 0.717) is 5.02 Å². The topological polar surface area (TPSA) is 35.5 Å². The first-order chi connectivity index (χ1) is 14.1. The molecule has 0 bridgehead atoms. The van der Waals surface area contributed by atoms with E-state index in [9.17, 15) is 0 Å². The third-order valence-corrected chi connectivity index (χ3v) is 5.47. The molecule has 6 rings (SSSR count). The number of rotatable bonds is 2. The second kappa shape index (κ2) is 6.03. The molecule has 0 amide bonds. The standard InChI is InChI=1S/C25H15ClO3/c1-14-2-6-18-20-12-16(4-8-22(20)28-24(18)10-14)27-17-5-9-23-21(13-17)19-7-3-15(26)11-25(19)29-23/h2-13H,1H3. The first-order valence-electron chi connectivity index (χ1n) is 9.37. The van der Waals surface area contributed by atoms with Gasteiger partial charge in [0.05, 0.1) is 0 Å². The maximum Gasteiger partial charge on any atom is 0.136 e. The molecule has 0 fully saturated rings. The van der Waals surface area contributed by atoms with Crippen LogP contribution in [0.2, 0.25) is 5.02 Å². The molecule has 0 spiro atoms. The molecule has 0 saturated carbocycles. The molecular formula is C25H15ClO3. The second-order valence-corrected chi connectivity index (χ2v) is 7.70. The number of furan rings is 2. The van der Waals surface area contributed by atoms with Gasteiger partial charge >= 0.3 is 0 Å². The Morgan fingerprint density at radius 3 is 1.83 bits per heavy atom. The maximum absolute atomic E-state index is 6.17.